The van der Waals surface area contributed by atoms with E-state index in [0.717, 1.165) is 24.3 Å². The van der Waals surface area contributed by atoms with Crippen LogP contribution in [-0.2, 0) is 19.6 Å². The minimum atomic E-state index is -4.02. The van der Waals surface area contributed by atoms with Crippen molar-refractivity contribution in [1.29, 1.82) is 0 Å². The van der Waals surface area contributed by atoms with Gasteiger partial charge in [0.15, 0.2) is 0 Å². The largest absolute Gasteiger partial charge is 0.492 e. The van der Waals surface area contributed by atoms with Crippen LogP contribution in [0.5, 0.6) is 5.75 Å². The van der Waals surface area contributed by atoms with Gasteiger partial charge in [-0.2, -0.15) is 0 Å². The van der Waals surface area contributed by atoms with Crippen LogP contribution in [0, 0.1) is 11.7 Å². The molecule has 0 bridgehead atoms. The first-order valence-corrected chi connectivity index (χ1v) is 12.5. The van der Waals surface area contributed by atoms with E-state index in [1.165, 1.54) is 11.0 Å². The van der Waals surface area contributed by atoms with Gasteiger partial charge in [-0.15, -0.1) is 0 Å². The number of halogens is 1. The Morgan fingerprint density at radius 1 is 1.03 bits per heavy atom. The fraction of sp³-hybridized carbons (Fsp3) is 0.200. The fourth-order valence-electron chi connectivity index (χ4n) is 3.81. The molecule has 3 aromatic rings. The number of hydrogen-bond acceptors (Lipinski definition) is 5. The summed E-state index contributed by atoms with van der Waals surface area (Å²) in [5, 5.41) is 2.73. The van der Waals surface area contributed by atoms with Crippen LogP contribution < -0.4 is 19.7 Å². The summed E-state index contributed by atoms with van der Waals surface area (Å²) in [6, 6.07) is 17.9. The third kappa shape index (κ3) is 5.43. The number of amides is 2. The SMILES string of the molecule is CCOc1ccccc1N1CC(C(=O)Nc2ccccc2NS(=O)(=O)c2ccc(F)cc2)CC1=O. The van der Waals surface area contributed by atoms with Crippen LogP contribution in [-0.4, -0.2) is 33.4 Å². The van der Waals surface area contributed by atoms with Crippen LogP contribution in [0.4, 0.5) is 21.5 Å². The van der Waals surface area contributed by atoms with Gasteiger partial charge < -0.3 is 15.0 Å². The van der Waals surface area contributed by atoms with Crippen molar-refractivity contribution in [1.82, 2.24) is 0 Å². The summed E-state index contributed by atoms with van der Waals surface area (Å²) in [6.45, 7) is 2.45. The number of anilines is 3. The molecule has 0 aliphatic carbocycles. The molecule has 1 saturated heterocycles. The highest BCUT2D eigenvalue weighted by Crippen LogP contribution is 2.34. The van der Waals surface area contributed by atoms with E-state index < -0.39 is 27.7 Å². The number of carbonyl (C=O) groups is 2. The highest BCUT2D eigenvalue weighted by molar-refractivity contribution is 7.92. The molecule has 8 nitrogen and oxygen atoms in total. The van der Waals surface area contributed by atoms with E-state index in [9.17, 15) is 22.4 Å². The molecule has 0 spiro atoms. The number of ether oxygens (including phenoxy) is 1. The molecule has 1 aliphatic rings. The van der Waals surface area contributed by atoms with Crippen LogP contribution >= 0.6 is 0 Å². The number of rotatable bonds is 8. The van der Waals surface area contributed by atoms with Crippen molar-refractivity contribution in [3.05, 3.63) is 78.6 Å². The molecule has 10 heteroatoms. The first-order valence-electron chi connectivity index (χ1n) is 11.0. The molecular formula is C25H24FN3O5S. The molecule has 35 heavy (non-hydrogen) atoms. The van der Waals surface area contributed by atoms with Gasteiger partial charge in [-0.1, -0.05) is 24.3 Å². The smallest absolute Gasteiger partial charge is 0.261 e. The van der Waals surface area contributed by atoms with E-state index in [-0.39, 0.29) is 35.1 Å². The minimum absolute atomic E-state index is 0.00969. The van der Waals surface area contributed by atoms with Crippen molar-refractivity contribution < 1.29 is 27.1 Å². The van der Waals surface area contributed by atoms with E-state index in [1.807, 2.05) is 13.0 Å². The summed E-state index contributed by atoms with van der Waals surface area (Å²) >= 11 is 0. The number of para-hydroxylation sites is 4. The second-order valence-corrected chi connectivity index (χ2v) is 9.58. The second-order valence-electron chi connectivity index (χ2n) is 7.90. The third-order valence-corrected chi connectivity index (χ3v) is 6.89. The summed E-state index contributed by atoms with van der Waals surface area (Å²) in [5.74, 6) is -1.25. The molecular weight excluding hydrogens is 473 g/mol. The van der Waals surface area contributed by atoms with E-state index >= 15 is 0 Å². The van der Waals surface area contributed by atoms with Gasteiger partial charge in [0, 0.05) is 13.0 Å². The lowest BCUT2D eigenvalue weighted by atomic mass is 10.1. The molecule has 1 aliphatic heterocycles. The molecule has 0 radical (unpaired) electrons. The van der Waals surface area contributed by atoms with Crippen molar-refractivity contribution >= 4 is 38.9 Å². The van der Waals surface area contributed by atoms with E-state index in [4.69, 9.17) is 4.74 Å². The first-order chi connectivity index (χ1) is 16.8. The zero-order valence-electron chi connectivity index (χ0n) is 18.9. The van der Waals surface area contributed by atoms with Crippen LogP contribution in [0.2, 0.25) is 0 Å². The Labute approximate surface area is 202 Å². The molecule has 182 valence electrons. The Balaban J connectivity index is 1.50. The van der Waals surface area contributed by atoms with Crippen LogP contribution in [0.25, 0.3) is 0 Å². The molecule has 1 unspecified atom stereocenters. The molecule has 2 amide bonds. The van der Waals surface area contributed by atoms with Crippen molar-refractivity contribution in [3.8, 4) is 5.75 Å². The maximum atomic E-state index is 13.2. The predicted molar refractivity (Wildman–Crippen MR) is 130 cm³/mol. The van der Waals surface area contributed by atoms with Gasteiger partial charge in [0.05, 0.1) is 34.5 Å². The van der Waals surface area contributed by atoms with Gasteiger partial charge >= 0.3 is 0 Å². The number of carbonyl (C=O) groups excluding carboxylic acids is 2. The first kappa shape index (κ1) is 24.2. The van der Waals surface area contributed by atoms with Gasteiger partial charge in [0.25, 0.3) is 10.0 Å². The maximum Gasteiger partial charge on any atom is 0.261 e. The Morgan fingerprint density at radius 2 is 1.69 bits per heavy atom. The highest BCUT2D eigenvalue weighted by Gasteiger charge is 2.36. The zero-order valence-corrected chi connectivity index (χ0v) is 19.7. The molecule has 0 saturated carbocycles. The topological polar surface area (TPSA) is 105 Å². The molecule has 2 N–H and O–H groups in total. The van der Waals surface area contributed by atoms with E-state index in [0.29, 0.717) is 18.0 Å². The van der Waals surface area contributed by atoms with Crippen molar-refractivity contribution in [2.45, 2.75) is 18.2 Å². The van der Waals surface area contributed by atoms with Gasteiger partial charge in [-0.05, 0) is 55.5 Å². The van der Waals surface area contributed by atoms with Gasteiger partial charge in [-0.3, -0.25) is 14.3 Å². The monoisotopic (exact) mass is 497 g/mol. The molecule has 1 atom stereocenters. The Hall–Kier alpha value is -3.92. The average molecular weight is 498 g/mol. The molecule has 1 fully saturated rings. The van der Waals surface area contributed by atoms with Crippen LogP contribution in [0.1, 0.15) is 13.3 Å². The Morgan fingerprint density at radius 3 is 2.40 bits per heavy atom. The van der Waals surface area contributed by atoms with Crippen molar-refractivity contribution in [3.63, 3.8) is 0 Å². The van der Waals surface area contributed by atoms with Gasteiger partial charge in [0.2, 0.25) is 11.8 Å². The van der Waals surface area contributed by atoms with Crippen molar-refractivity contribution in [2.24, 2.45) is 5.92 Å². The Bertz CT molecular complexity index is 1350. The lowest BCUT2D eigenvalue weighted by Crippen LogP contribution is -2.28. The summed E-state index contributed by atoms with van der Waals surface area (Å²) in [7, 11) is -4.02. The molecule has 4 rings (SSSR count). The lowest BCUT2D eigenvalue weighted by Gasteiger charge is -2.20. The van der Waals surface area contributed by atoms with Gasteiger partial charge in [-0.25, -0.2) is 12.8 Å². The van der Waals surface area contributed by atoms with E-state index in [1.54, 1.807) is 36.4 Å². The fourth-order valence-corrected chi connectivity index (χ4v) is 4.89. The quantitative estimate of drug-likeness (QED) is 0.489. The summed E-state index contributed by atoms with van der Waals surface area (Å²) in [6.07, 6.45) is 0.00969. The van der Waals surface area contributed by atoms with Crippen molar-refractivity contribution in [2.75, 3.05) is 28.1 Å². The number of benzene rings is 3. The molecule has 0 aromatic heterocycles. The van der Waals surface area contributed by atoms with Crippen LogP contribution in [0.15, 0.2) is 77.7 Å². The lowest BCUT2D eigenvalue weighted by molar-refractivity contribution is -0.122. The minimum Gasteiger partial charge on any atom is -0.492 e. The molecule has 3 aromatic carbocycles. The molecule has 1 heterocycles. The van der Waals surface area contributed by atoms with Crippen LogP contribution in [0.3, 0.4) is 0 Å². The predicted octanol–water partition coefficient (Wildman–Crippen LogP) is 4.02. The standard InChI is InChI=1S/C25H24FN3O5S/c1-2-34-23-10-6-5-9-22(23)29-16-17(15-24(29)30)25(31)27-20-7-3-4-8-21(20)28-35(32,33)19-13-11-18(26)12-14-19/h3-14,17,28H,2,15-16H2,1H3,(H,27,31). The number of nitrogens with one attached hydrogen (secondary N) is 2. The normalized spacial score (nSPS) is 15.7. The maximum absolute atomic E-state index is 13.2. The number of sulfonamides is 1. The zero-order chi connectivity index (χ0) is 25.0. The number of nitrogens with zero attached hydrogens (tertiary/aromatic N) is 1. The second kappa shape index (κ2) is 10.1. The highest BCUT2D eigenvalue weighted by atomic mass is 32.2. The Kier molecular flexibility index (Phi) is 7.02. The summed E-state index contributed by atoms with van der Waals surface area (Å²) in [5.41, 5.74) is 0.985. The van der Waals surface area contributed by atoms with E-state index in [2.05, 4.69) is 10.0 Å². The van der Waals surface area contributed by atoms with Gasteiger partial charge in [0.1, 0.15) is 11.6 Å². The summed E-state index contributed by atoms with van der Waals surface area (Å²) < 4.78 is 46.7. The number of hydrogen-bond donors (Lipinski definition) is 2. The summed E-state index contributed by atoms with van der Waals surface area (Å²) in [4.78, 5) is 27.1. The average Bonchev–Trinajstić information content (AvgIpc) is 3.22. The third-order valence-electron chi connectivity index (χ3n) is 5.50.